The maximum absolute atomic E-state index is 15.3. The van der Waals surface area contributed by atoms with E-state index in [2.05, 4.69) is 35.7 Å². The van der Waals surface area contributed by atoms with E-state index in [1.165, 1.54) is 19.9 Å². The smallest absolute Gasteiger partial charge is 0.319 e. The van der Waals surface area contributed by atoms with E-state index in [1.807, 2.05) is 0 Å². The summed E-state index contributed by atoms with van der Waals surface area (Å²) >= 11 is 0. The highest BCUT2D eigenvalue weighted by molar-refractivity contribution is 5.90. The highest BCUT2D eigenvalue weighted by atomic mass is 19.1. The minimum atomic E-state index is -1.35. The van der Waals surface area contributed by atoms with Crippen LogP contribution in [0.15, 0.2) is 62.2 Å². The van der Waals surface area contributed by atoms with Crippen molar-refractivity contribution in [1.82, 2.24) is 5.32 Å². The molecule has 3 N–H and O–H groups in total. The molecule has 8 heteroatoms. The molecule has 1 fully saturated rings. The second-order valence-corrected chi connectivity index (χ2v) is 9.53. The molecule has 37 heavy (non-hydrogen) atoms. The largest absolute Gasteiger partial charge is 0.491 e. The van der Waals surface area contributed by atoms with Crippen molar-refractivity contribution in [2.45, 2.75) is 44.9 Å². The number of allylic oxidation sites excluding steroid dienone is 2. The number of ether oxygens (including phenoxy) is 2. The summed E-state index contributed by atoms with van der Waals surface area (Å²) in [5, 5.41) is 8.42. The van der Waals surface area contributed by atoms with Crippen LogP contribution in [0.5, 0.6) is 5.75 Å². The van der Waals surface area contributed by atoms with Crippen LogP contribution in [0, 0.1) is 5.82 Å². The second-order valence-electron chi connectivity index (χ2n) is 9.53. The van der Waals surface area contributed by atoms with Gasteiger partial charge in [0.05, 0.1) is 6.10 Å². The molecule has 2 amide bonds. The molecule has 2 aromatic carbocycles. The van der Waals surface area contributed by atoms with E-state index >= 15 is 4.39 Å². The molecule has 3 rings (SSSR count). The first kappa shape index (κ1) is 27.9. The van der Waals surface area contributed by atoms with Gasteiger partial charge >= 0.3 is 6.03 Å². The summed E-state index contributed by atoms with van der Waals surface area (Å²) in [6.07, 6.45) is 3.69. The number of carbonyl (C=O) groups is 1. The Morgan fingerprint density at radius 3 is 2.46 bits per heavy atom. The minimum absolute atomic E-state index is 0.0104. The van der Waals surface area contributed by atoms with Crippen molar-refractivity contribution in [2.75, 3.05) is 30.4 Å². The van der Waals surface area contributed by atoms with Crippen LogP contribution in [0.25, 0.3) is 11.3 Å². The number of benzene rings is 2. The van der Waals surface area contributed by atoms with Crippen LogP contribution in [0.1, 0.15) is 44.2 Å². The van der Waals surface area contributed by atoms with E-state index in [9.17, 15) is 9.18 Å². The molecule has 0 bridgehead atoms. The normalized spacial score (nSPS) is 15.1. The van der Waals surface area contributed by atoms with Crippen molar-refractivity contribution in [1.29, 1.82) is 0 Å². The zero-order valence-electron chi connectivity index (χ0n) is 21.5. The van der Waals surface area contributed by atoms with Crippen molar-refractivity contribution in [3.63, 3.8) is 0 Å². The van der Waals surface area contributed by atoms with Gasteiger partial charge in [-0.2, -0.15) is 0 Å². The number of halogens is 2. The van der Waals surface area contributed by atoms with Crippen LogP contribution in [0.4, 0.5) is 25.0 Å². The van der Waals surface area contributed by atoms with Crippen LogP contribution in [0.2, 0.25) is 0 Å². The van der Waals surface area contributed by atoms with Gasteiger partial charge in [-0.05, 0) is 74.6 Å². The van der Waals surface area contributed by atoms with Crippen molar-refractivity contribution in [3.8, 4) is 5.75 Å². The second kappa shape index (κ2) is 12.5. The zero-order chi connectivity index (χ0) is 27.0. The predicted molar refractivity (Wildman–Crippen MR) is 146 cm³/mol. The van der Waals surface area contributed by atoms with Crippen LogP contribution in [-0.4, -0.2) is 37.6 Å². The van der Waals surface area contributed by atoms with Crippen molar-refractivity contribution in [2.24, 2.45) is 0 Å². The first-order valence-corrected chi connectivity index (χ1v) is 12.3. The van der Waals surface area contributed by atoms with Gasteiger partial charge in [-0.3, -0.25) is 0 Å². The fourth-order valence-electron chi connectivity index (χ4n) is 3.82. The van der Waals surface area contributed by atoms with E-state index in [0.717, 1.165) is 12.8 Å². The molecule has 1 aliphatic heterocycles. The Morgan fingerprint density at radius 1 is 1.19 bits per heavy atom. The third kappa shape index (κ3) is 8.46. The quantitative estimate of drug-likeness (QED) is 0.270. The first-order chi connectivity index (χ1) is 17.6. The number of alkyl halides is 1. The summed E-state index contributed by atoms with van der Waals surface area (Å²) in [4.78, 5) is 12.0. The van der Waals surface area contributed by atoms with Gasteiger partial charge in [0.25, 0.3) is 0 Å². The summed E-state index contributed by atoms with van der Waals surface area (Å²) in [6, 6.07) is 9.46. The third-order valence-corrected chi connectivity index (χ3v) is 5.86. The lowest BCUT2D eigenvalue weighted by molar-refractivity contribution is 0.0678. The molecular weight excluding hydrogens is 476 g/mol. The summed E-state index contributed by atoms with van der Waals surface area (Å²) in [5.41, 5.74) is 1.47. The van der Waals surface area contributed by atoms with E-state index in [1.54, 1.807) is 36.4 Å². The topological polar surface area (TPSA) is 71.6 Å². The molecule has 0 saturated carbocycles. The molecule has 1 atom stereocenters. The number of anilines is 2. The lowest BCUT2D eigenvalue weighted by Crippen LogP contribution is -2.32. The number of carbonyl (C=O) groups excluding carboxylic acids is 1. The fraction of sp³-hybridized carbons (Fsp3) is 0.345. The van der Waals surface area contributed by atoms with Crippen LogP contribution < -0.4 is 20.7 Å². The molecule has 0 spiro atoms. The molecule has 6 nitrogen and oxygen atoms in total. The highest BCUT2D eigenvalue weighted by Crippen LogP contribution is 2.32. The summed E-state index contributed by atoms with van der Waals surface area (Å²) < 4.78 is 40.2. The van der Waals surface area contributed by atoms with Gasteiger partial charge in [-0.15, -0.1) is 0 Å². The van der Waals surface area contributed by atoms with Gasteiger partial charge in [0.2, 0.25) is 0 Å². The number of amides is 2. The Labute approximate surface area is 217 Å². The van der Waals surface area contributed by atoms with E-state index in [4.69, 9.17) is 9.47 Å². The van der Waals surface area contributed by atoms with E-state index < -0.39 is 17.5 Å². The number of nitrogens with one attached hydrogen (secondary N) is 3. The Balaban J connectivity index is 1.66. The maximum atomic E-state index is 15.3. The van der Waals surface area contributed by atoms with Crippen molar-refractivity contribution >= 4 is 28.7 Å². The summed E-state index contributed by atoms with van der Waals surface area (Å²) in [7, 11) is 0. The van der Waals surface area contributed by atoms with Gasteiger partial charge in [0, 0.05) is 41.9 Å². The van der Waals surface area contributed by atoms with Gasteiger partial charge in [0.1, 0.15) is 23.8 Å². The van der Waals surface area contributed by atoms with E-state index in [0.29, 0.717) is 47.2 Å². The van der Waals surface area contributed by atoms with Crippen LogP contribution in [0.3, 0.4) is 0 Å². The molecule has 2 aromatic rings. The highest BCUT2D eigenvalue weighted by Gasteiger charge is 2.19. The summed E-state index contributed by atoms with van der Waals surface area (Å²) in [6.45, 7) is 16.0. The van der Waals surface area contributed by atoms with Crippen LogP contribution in [-0.2, 0) is 4.74 Å². The third-order valence-electron chi connectivity index (χ3n) is 5.86. The minimum Gasteiger partial charge on any atom is -0.491 e. The number of hydrogen-bond acceptors (Lipinski definition) is 4. The van der Waals surface area contributed by atoms with Gasteiger partial charge in [0.15, 0.2) is 0 Å². The Bertz CT molecular complexity index is 1130. The first-order valence-electron chi connectivity index (χ1n) is 12.3. The zero-order valence-corrected chi connectivity index (χ0v) is 21.5. The lowest BCUT2D eigenvalue weighted by atomic mass is 9.97. The molecular formula is C29H35F2N3O3. The van der Waals surface area contributed by atoms with Gasteiger partial charge in [-0.1, -0.05) is 25.8 Å². The number of hydrogen-bond donors (Lipinski definition) is 3. The van der Waals surface area contributed by atoms with E-state index in [-0.39, 0.29) is 24.6 Å². The van der Waals surface area contributed by atoms with Crippen molar-refractivity contribution in [3.05, 3.63) is 79.2 Å². The maximum Gasteiger partial charge on any atom is 0.319 e. The molecule has 198 valence electrons. The number of rotatable bonds is 12. The average Bonchev–Trinajstić information content (AvgIpc) is 3.36. The monoisotopic (exact) mass is 511 g/mol. The molecule has 1 saturated heterocycles. The van der Waals surface area contributed by atoms with Crippen LogP contribution >= 0.6 is 0 Å². The molecule has 0 unspecified atom stereocenters. The Kier molecular flexibility index (Phi) is 9.47. The lowest BCUT2D eigenvalue weighted by Gasteiger charge is -2.18. The standard InChI is InChI=1S/C29H35F2N3O3/c1-6-19(2)25-16-24(37-18-23-8-7-15-36-23)17-26(30)27(25)20(3)33-21-9-11-22(12-10-21)34-28(35)32-14-13-29(4,5)31/h6,9-12,16-17,23,33H,1-3,7-8,13-15,18H2,4-5H3,(H2,32,34,35)/t23-/m0/s1. The van der Waals surface area contributed by atoms with Gasteiger partial charge < -0.3 is 25.4 Å². The SMILES string of the molecule is C=CC(=C)c1cc(OC[C@@H]2CCCO2)cc(F)c1C(=C)Nc1ccc(NC(=O)NCCC(C)(C)F)cc1. The summed E-state index contributed by atoms with van der Waals surface area (Å²) in [5.74, 6) is -0.127. The molecule has 0 aromatic heterocycles. The Hall–Kier alpha value is -3.65. The van der Waals surface area contributed by atoms with Crippen molar-refractivity contribution < 1.29 is 23.0 Å². The molecule has 1 aliphatic rings. The molecule has 1 heterocycles. The molecule has 0 radical (unpaired) electrons. The average molecular weight is 512 g/mol. The predicted octanol–water partition coefficient (Wildman–Crippen LogP) is 6.93. The van der Waals surface area contributed by atoms with Gasteiger partial charge in [-0.25, -0.2) is 13.6 Å². The fourth-order valence-corrected chi connectivity index (χ4v) is 3.82. The molecule has 0 aliphatic carbocycles. The number of urea groups is 1. The Morgan fingerprint density at radius 2 is 1.86 bits per heavy atom.